The van der Waals surface area contributed by atoms with Gasteiger partial charge in [0.25, 0.3) is 0 Å². The van der Waals surface area contributed by atoms with E-state index in [1.165, 1.54) is 18.6 Å². The lowest BCUT2D eigenvalue weighted by Gasteiger charge is -2.14. The van der Waals surface area contributed by atoms with Crippen LogP contribution in [0.5, 0.6) is 0 Å². The normalized spacial score (nSPS) is 19.8. The topological polar surface area (TPSA) is 49.3 Å². The second-order valence-electron chi connectivity index (χ2n) is 4.57. The Hall–Kier alpha value is -0.960. The standard InChI is InChI=1S/C12H17F3N4S2/c1-16-11(17-5-8-3-2-4-20-8)18-6-10-19-9(7-21-10)12(13,14)15/h7-8H,2-6H2,1H3,(H2,16,17,18). The van der Waals surface area contributed by atoms with Crippen LogP contribution in [0.2, 0.25) is 0 Å². The molecule has 21 heavy (non-hydrogen) atoms. The first-order valence-electron chi connectivity index (χ1n) is 6.57. The van der Waals surface area contributed by atoms with Gasteiger partial charge in [0.1, 0.15) is 5.01 Å². The van der Waals surface area contributed by atoms with Gasteiger partial charge >= 0.3 is 6.18 Å². The molecule has 0 aliphatic carbocycles. The predicted molar refractivity (Wildman–Crippen MR) is 80.8 cm³/mol. The number of rotatable bonds is 4. The first-order valence-corrected chi connectivity index (χ1v) is 8.49. The Morgan fingerprint density at radius 1 is 1.48 bits per heavy atom. The minimum atomic E-state index is -4.38. The van der Waals surface area contributed by atoms with Crippen LogP contribution in [0.15, 0.2) is 10.4 Å². The Balaban J connectivity index is 1.78. The smallest absolute Gasteiger partial charge is 0.355 e. The summed E-state index contributed by atoms with van der Waals surface area (Å²) in [7, 11) is 1.64. The SMILES string of the molecule is CN=C(NCc1nc(C(F)(F)F)cs1)NCC1CCCS1. The maximum absolute atomic E-state index is 12.4. The van der Waals surface area contributed by atoms with E-state index >= 15 is 0 Å². The average Bonchev–Trinajstić information content (AvgIpc) is 3.09. The van der Waals surface area contributed by atoms with Crippen LogP contribution < -0.4 is 10.6 Å². The Morgan fingerprint density at radius 2 is 2.29 bits per heavy atom. The summed E-state index contributed by atoms with van der Waals surface area (Å²) in [5, 5.41) is 8.18. The molecule has 9 heteroatoms. The van der Waals surface area contributed by atoms with Gasteiger partial charge in [-0.15, -0.1) is 11.3 Å². The summed E-state index contributed by atoms with van der Waals surface area (Å²) in [6.07, 6.45) is -1.95. The van der Waals surface area contributed by atoms with E-state index in [2.05, 4.69) is 20.6 Å². The molecule has 1 aliphatic heterocycles. The maximum atomic E-state index is 12.4. The third-order valence-corrected chi connectivity index (χ3v) is 5.24. The van der Waals surface area contributed by atoms with Crippen molar-refractivity contribution in [3.05, 3.63) is 16.1 Å². The number of alkyl halides is 3. The van der Waals surface area contributed by atoms with E-state index in [0.29, 0.717) is 16.2 Å². The molecular weight excluding hydrogens is 321 g/mol. The number of aliphatic imine (C=N–C) groups is 1. The highest BCUT2D eigenvalue weighted by Gasteiger charge is 2.33. The largest absolute Gasteiger partial charge is 0.434 e. The molecule has 1 aromatic rings. The van der Waals surface area contributed by atoms with Crippen molar-refractivity contribution >= 4 is 29.1 Å². The molecule has 0 radical (unpaired) electrons. The van der Waals surface area contributed by atoms with Crippen molar-refractivity contribution in [3.63, 3.8) is 0 Å². The summed E-state index contributed by atoms with van der Waals surface area (Å²) >= 11 is 2.93. The molecule has 2 heterocycles. The number of guanidine groups is 1. The zero-order valence-corrected chi connectivity index (χ0v) is 13.2. The molecule has 4 nitrogen and oxygen atoms in total. The number of halogens is 3. The van der Waals surface area contributed by atoms with Gasteiger partial charge in [-0.25, -0.2) is 4.98 Å². The summed E-state index contributed by atoms with van der Waals surface area (Å²) in [6, 6.07) is 0. The van der Waals surface area contributed by atoms with E-state index in [4.69, 9.17) is 0 Å². The van der Waals surface area contributed by atoms with Crippen LogP contribution in [-0.2, 0) is 12.7 Å². The lowest BCUT2D eigenvalue weighted by Crippen LogP contribution is -2.39. The first-order chi connectivity index (χ1) is 9.99. The molecule has 2 N–H and O–H groups in total. The van der Waals surface area contributed by atoms with Gasteiger partial charge in [0.2, 0.25) is 0 Å². The molecule has 0 saturated carbocycles. The zero-order valence-electron chi connectivity index (χ0n) is 11.5. The van der Waals surface area contributed by atoms with Crippen LogP contribution in [-0.4, -0.2) is 35.5 Å². The van der Waals surface area contributed by atoms with Gasteiger partial charge in [-0.3, -0.25) is 4.99 Å². The van der Waals surface area contributed by atoms with Gasteiger partial charge in [-0.05, 0) is 18.6 Å². The van der Waals surface area contributed by atoms with Crippen LogP contribution in [0.3, 0.4) is 0 Å². The molecule has 1 aromatic heterocycles. The fourth-order valence-electron chi connectivity index (χ4n) is 1.92. The molecule has 0 bridgehead atoms. The molecule has 0 amide bonds. The van der Waals surface area contributed by atoms with Crippen molar-refractivity contribution in [2.75, 3.05) is 19.3 Å². The third-order valence-electron chi connectivity index (χ3n) is 2.99. The summed E-state index contributed by atoms with van der Waals surface area (Å²) in [5.41, 5.74) is -0.838. The Kier molecular flexibility index (Phi) is 5.74. The molecule has 1 atom stereocenters. The Bertz CT molecular complexity index is 481. The predicted octanol–water partition coefficient (Wildman–Crippen LogP) is 2.72. The molecule has 1 fully saturated rings. The van der Waals surface area contributed by atoms with E-state index in [9.17, 15) is 13.2 Å². The van der Waals surface area contributed by atoms with Gasteiger partial charge in [0.15, 0.2) is 11.7 Å². The molecule has 0 aromatic carbocycles. The fraction of sp³-hybridized carbons (Fsp3) is 0.667. The number of nitrogens with zero attached hydrogens (tertiary/aromatic N) is 2. The summed E-state index contributed by atoms with van der Waals surface area (Å²) in [5.74, 6) is 1.78. The van der Waals surface area contributed by atoms with Crippen molar-refractivity contribution in [2.24, 2.45) is 4.99 Å². The Labute approximate surface area is 129 Å². The number of aromatic nitrogens is 1. The maximum Gasteiger partial charge on any atom is 0.434 e. The third kappa shape index (κ3) is 5.06. The van der Waals surface area contributed by atoms with Crippen molar-refractivity contribution < 1.29 is 13.2 Å². The first kappa shape index (κ1) is 16.4. The quantitative estimate of drug-likeness (QED) is 0.655. The second-order valence-corrected chi connectivity index (χ2v) is 6.92. The molecule has 1 saturated heterocycles. The number of hydrogen-bond donors (Lipinski definition) is 2. The summed E-state index contributed by atoms with van der Waals surface area (Å²) < 4.78 is 37.3. The van der Waals surface area contributed by atoms with Gasteiger partial charge in [0.05, 0.1) is 6.54 Å². The van der Waals surface area contributed by atoms with E-state index in [1.54, 1.807) is 7.05 Å². The van der Waals surface area contributed by atoms with E-state index in [-0.39, 0.29) is 6.54 Å². The Morgan fingerprint density at radius 3 is 2.86 bits per heavy atom. The molecule has 0 spiro atoms. The number of hydrogen-bond acceptors (Lipinski definition) is 4. The van der Waals surface area contributed by atoms with Crippen LogP contribution in [0.1, 0.15) is 23.5 Å². The minimum Gasteiger partial charge on any atom is -0.355 e. The van der Waals surface area contributed by atoms with Crippen molar-refractivity contribution in [3.8, 4) is 0 Å². The average molecular weight is 338 g/mol. The highest BCUT2D eigenvalue weighted by atomic mass is 32.2. The zero-order chi connectivity index (χ0) is 15.3. The van der Waals surface area contributed by atoms with Gasteiger partial charge in [-0.1, -0.05) is 0 Å². The van der Waals surface area contributed by atoms with Gasteiger partial charge < -0.3 is 10.6 Å². The molecular formula is C12H17F3N4S2. The van der Waals surface area contributed by atoms with E-state index in [0.717, 1.165) is 23.3 Å². The minimum absolute atomic E-state index is 0.234. The van der Waals surface area contributed by atoms with E-state index < -0.39 is 11.9 Å². The van der Waals surface area contributed by atoms with Gasteiger partial charge in [0, 0.05) is 24.2 Å². The van der Waals surface area contributed by atoms with Crippen LogP contribution >= 0.6 is 23.1 Å². The van der Waals surface area contributed by atoms with E-state index in [1.807, 2.05) is 11.8 Å². The van der Waals surface area contributed by atoms with Crippen LogP contribution in [0.4, 0.5) is 13.2 Å². The highest BCUT2D eigenvalue weighted by molar-refractivity contribution is 8.00. The number of thiazole rings is 1. The highest BCUT2D eigenvalue weighted by Crippen LogP contribution is 2.30. The van der Waals surface area contributed by atoms with Crippen LogP contribution in [0.25, 0.3) is 0 Å². The summed E-state index contributed by atoms with van der Waals surface area (Å²) in [6.45, 7) is 1.05. The number of thioether (sulfide) groups is 1. The van der Waals surface area contributed by atoms with Gasteiger partial charge in [-0.2, -0.15) is 24.9 Å². The molecule has 1 unspecified atom stereocenters. The van der Waals surface area contributed by atoms with Crippen molar-refractivity contribution in [2.45, 2.75) is 30.8 Å². The fourth-order valence-corrected chi connectivity index (χ4v) is 3.86. The lowest BCUT2D eigenvalue weighted by molar-refractivity contribution is -0.140. The second kappa shape index (κ2) is 7.35. The van der Waals surface area contributed by atoms with Crippen molar-refractivity contribution in [1.82, 2.24) is 15.6 Å². The monoisotopic (exact) mass is 338 g/mol. The van der Waals surface area contributed by atoms with Crippen molar-refractivity contribution in [1.29, 1.82) is 0 Å². The molecule has 118 valence electrons. The molecule has 2 rings (SSSR count). The lowest BCUT2D eigenvalue weighted by atomic mass is 10.2. The van der Waals surface area contributed by atoms with Crippen LogP contribution in [0, 0.1) is 0 Å². The number of nitrogens with one attached hydrogen (secondary N) is 2. The molecule has 1 aliphatic rings. The summed E-state index contributed by atoms with van der Waals surface area (Å²) in [4.78, 5) is 7.63.